The summed E-state index contributed by atoms with van der Waals surface area (Å²) in [6.07, 6.45) is 23.5. The molecule has 1 heterocycles. The van der Waals surface area contributed by atoms with Crippen molar-refractivity contribution in [1.82, 2.24) is 0 Å². The van der Waals surface area contributed by atoms with E-state index in [-0.39, 0.29) is 0 Å². The van der Waals surface area contributed by atoms with E-state index < -0.39 is 0 Å². The molecule has 2 heteroatoms. The predicted octanol–water partition coefficient (Wildman–Crippen LogP) is 3.30. The zero-order valence-corrected chi connectivity index (χ0v) is 8.36. The van der Waals surface area contributed by atoms with Gasteiger partial charge in [-0.2, -0.15) is 0 Å². The Morgan fingerprint density at radius 2 is 1.20 bits per heavy atom. The van der Waals surface area contributed by atoms with E-state index in [1.165, 1.54) is 6.26 Å². The summed E-state index contributed by atoms with van der Waals surface area (Å²) in [5.74, 6) is 0. The van der Waals surface area contributed by atoms with Crippen LogP contribution in [0.5, 0.6) is 0 Å². The van der Waals surface area contributed by atoms with Gasteiger partial charge in [0.1, 0.15) is 6.26 Å². The first-order valence-corrected chi connectivity index (χ1v) is 4.65. The molecule has 1 rings (SSSR count). The van der Waals surface area contributed by atoms with Crippen molar-refractivity contribution < 1.29 is 4.74 Å². The van der Waals surface area contributed by atoms with Crippen LogP contribution in [0, 0.1) is 0 Å². The van der Waals surface area contributed by atoms with Gasteiger partial charge in [0.05, 0.1) is 12.5 Å². The normalized spacial score (nSPS) is 16.0. The van der Waals surface area contributed by atoms with Crippen molar-refractivity contribution in [1.29, 1.82) is 0 Å². The lowest BCUT2D eigenvalue weighted by Gasteiger charge is -1.84. The van der Waals surface area contributed by atoms with E-state index in [4.69, 9.17) is 4.74 Å². The minimum Gasteiger partial charge on any atom is -0.471 e. The Labute approximate surface area is 90.0 Å². The third kappa shape index (κ3) is 7.02. The lowest BCUT2D eigenvalue weighted by molar-refractivity contribution is 0.402. The Morgan fingerprint density at radius 1 is 0.600 bits per heavy atom. The molecule has 0 radical (unpaired) electrons. The van der Waals surface area contributed by atoms with Crippen molar-refractivity contribution in [3.05, 3.63) is 73.4 Å². The van der Waals surface area contributed by atoms with Crippen LogP contribution in [0.15, 0.2) is 78.4 Å². The zero-order valence-electron chi connectivity index (χ0n) is 8.36. The van der Waals surface area contributed by atoms with Crippen molar-refractivity contribution in [2.24, 2.45) is 4.99 Å². The first-order chi connectivity index (χ1) is 7.50. The van der Waals surface area contributed by atoms with Gasteiger partial charge in [0, 0.05) is 6.21 Å². The van der Waals surface area contributed by atoms with E-state index in [0.717, 1.165) is 0 Å². The van der Waals surface area contributed by atoms with Crippen LogP contribution >= 0.6 is 0 Å². The van der Waals surface area contributed by atoms with Gasteiger partial charge >= 0.3 is 0 Å². The summed E-state index contributed by atoms with van der Waals surface area (Å²) in [6.45, 7) is 0. The van der Waals surface area contributed by atoms with E-state index >= 15 is 0 Å². The second-order valence-corrected chi connectivity index (χ2v) is 2.59. The summed E-state index contributed by atoms with van der Waals surface area (Å²) in [7, 11) is 0. The molecule has 0 saturated heterocycles. The van der Waals surface area contributed by atoms with E-state index in [1.54, 1.807) is 24.8 Å². The minimum absolute atomic E-state index is 1.51. The van der Waals surface area contributed by atoms with Crippen molar-refractivity contribution >= 4 is 6.21 Å². The second kappa shape index (κ2) is 8.51. The number of hydrogen-bond acceptors (Lipinski definition) is 2. The summed E-state index contributed by atoms with van der Waals surface area (Å²) >= 11 is 0. The molecule has 76 valence electrons. The van der Waals surface area contributed by atoms with Crippen molar-refractivity contribution in [3.63, 3.8) is 0 Å². The molecule has 0 aromatic rings. The number of rotatable bonds is 0. The van der Waals surface area contributed by atoms with Crippen LogP contribution in [-0.4, -0.2) is 6.21 Å². The summed E-state index contributed by atoms with van der Waals surface area (Å²) in [5.41, 5.74) is 0. The SMILES string of the molecule is C1=CC=CC=COC=CN=CC=CC=C1. The van der Waals surface area contributed by atoms with E-state index in [0.29, 0.717) is 0 Å². The van der Waals surface area contributed by atoms with Gasteiger partial charge in [0.15, 0.2) is 0 Å². The van der Waals surface area contributed by atoms with Crippen LogP contribution < -0.4 is 0 Å². The molecule has 0 aromatic heterocycles. The third-order valence-corrected chi connectivity index (χ3v) is 1.44. The van der Waals surface area contributed by atoms with Gasteiger partial charge in [-0.1, -0.05) is 42.5 Å². The highest BCUT2D eigenvalue weighted by molar-refractivity contribution is 5.72. The van der Waals surface area contributed by atoms with Gasteiger partial charge < -0.3 is 4.74 Å². The van der Waals surface area contributed by atoms with Crippen LogP contribution in [0.1, 0.15) is 0 Å². The highest BCUT2D eigenvalue weighted by Crippen LogP contribution is 1.86. The van der Waals surface area contributed by atoms with Crippen LogP contribution in [-0.2, 0) is 4.74 Å². The fourth-order valence-corrected chi connectivity index (χ4v) is 0.804. The highest BCUT2D eigenvalue weighted by Gasteiger charge is 1.68. The average Bonchev–Trinajstić information content (AvgIpc) is 2.27. The fourth-order valence-electron chi connectivity index (χ4n) is 0.804. The number of ether oxygens (including phenoxy) is 1. The van der Waals surface area contributed by atoms with Gasteiger partial charge in [-0.25, -0.2) is 0 Å². The van der Waals surface area contributed by atoms with Gasteiger partial charge in [-0.3, -0.25) is 4.99 Å². The van der Waals surface area contributed by atoms with Gasteiger partial charge in [-0.15, -0.1) is 0 Å². The molecule has 2 nitrogen and oxygen atoms in total. The molecule has 0 saturated carbocycles. The van der Waals surface area contributed by atoms with Crippen LogP contribution in [0.4, 0.5) is 0 Å². The van der Waals surface area contributed by atoms with Crippen molar-refractivity contribution in [2.75, 3.05) is 0 Å². The van der Waals surface area contributed by atoms with Gasteiger partial charge in [0.25, 0.3) is 0 Å². The molecule has 0 bridgehead atoms. The number of allylic oxidation sites excluding steroid dienone is 9. The van der Waals surface area contributed by atoms with Gasteiger partial charge in [-0.05, 0) is 12.2 Å². The molecule has 1 aliphatic heterocycles. The fraction of sp³-hybridized carbons (Fsp3) is 0. The summed E-state index contributed by atoms with van der Waals surface area (Å²) in [6, 6.07) is 0. The summed E-state index contributed by atoms with van der Waals surface area (Å²) in [4.78, 5) is 3.96. The quantitative estimate of drug-likeness (QED) is 0.586. The number of nitrogens with zero attached hydrogens (tertiary/aromatic N) is 1. The Balaban J connectivity index is 2.62. The topological polar surface area (TPSA) is 21.6 Å². The maximum atomic E-state index is 5.02. The molecular weight excluding hydrogens is 186 g/mol. The smallest absolute Gasteiger partial charge is 0.108 e. The number of hydrogen-bond donors (Lipinski definition) is 0. The van der Waals surface area contributed by atoms with Crippen molar-refractivity contribution in [2.45, 2.75) is 0 Å². The monoisotopic (exact) mass is 199 g/mol. The average molecular weight is 199 g/mol. The van der Waals surface area contributed by atoms with Crippen LogP contribution in [0.25, 0.3) is 0 Å². The largest absolute Gasteiger partial charge is 0.471 e. The molecule has 0 N–H and O–H groups in total. The van der Waals surface area contributed by atoms with Gasteiger partial charge in [0.2, 0.25) is 0 Å². The molecule has 15 heavy (non-hydrogen) atoms. The molecule has 0 spiro atoms. The lowest BCUT2D eigenvalue weighted by Crippen LogP contribution is -1.64. The molecule has 0 fully saturated rings. The molecule has 0 unspecified atom stereocenters. The summed E-state index contributed by atoms with van der Waals surface area (Å²) < 4.78 is 5.02. The first-order valence-electron chi connectivity index (χ1n) is 4.65. The van der Waals surface area contributed by atoms with Crippen molar-refractivity contribution in [3.8, 4) is 0 Å². The van der Waals surface area contributed by atoms with E-state index in [2.05, 4.69) is 4.99 Å². The predicted molar refractivity (Wildman–Crippen MR) is 64.4 cm³/mol. The minimum atomic E-state index is 1.51. The third-order valence-electron chi connectivity index (χ3n) is 1.44. The van der Waals surface area contributed by atoms with E-state index in [1.807, 2.05) is 48.6 Å². The Kier molecular flexibility index (Phi) is 6.23. The second-order valence-electron chi connectivity index (χ2n) is 2.59. The molecule has 0 amide bonds. The Bertz CT molecular complexity index is 321. The molecule has 0 aromatic carbocycles. The molecule has 0 atom stereocenters. The maximum Gasteiger partial charge on any atom is 0.108 e. The Hall–Kier alpha value is -2.09. The zero-order chi connectivity index (χ0) is 10.6. The summed E-state index contributed by atoms with van der Waals surface area (Å²) in [5, 5.41) is 0. The van der Waals surface area contributed by atoms with Crippen LogP contribution in [0.3, 0.4) is 0 Å². The maximum absolute atomic E-state index is 5.02. The van der Waals surface area contributed by atoms with Crippen LogP contribution in [0.2, 0.25) is 0 Å². The molecular formula is C13H13NO. The molecule has 1 aliphatic rings. The lowest BCUT2D eigenvalue weighted by atomic mass is 10.4. The van der Waals surface area contributed by atoms with E-state index in [9.17, 15) is 0 Å². The number of aliphatic imine (C=N–C) groups is 1. The standard InChI is InChI=1S/C13H13NO/c1-2-4-6-8-10-14-11-13-15-12-9-7-5-3-1/h1-13H. The highest BCUT2D eigenvalue weighted by atomic mass is 16.5. The first kappa shape index (κ1) is 11.0. The Morgan fingerprint density at radius 3 is 1.93 bits per heavy atom. The molecule has 0 aliphatic carbocycles.